The summed E-state index contributed by atoms with van der Waals surface area (Å²) in [5.74, 6) is -1.14. The van der Waals surface area contributed by atoms with Crippen molar-refractivity contribution >= 4 is 35.2 Å². The third-order valence-electron chi connectivity index (χ3n) is 4.00. The van der Waals surface area contributed by atoms with Gasteiger partial charge in [0.15, 0.2) is 5.96 Å². The maximum absolute atomic E-state index is 13.4. The van der Waals surface area contributed by atoms with Gasteiger partial charge in [-0.1, -0.05) is 0 Å². The molecule has 4 N–H and O–H groups in total. The van der Waals surface area contributed by atoms with Crippen molar-refractivity contribution in [3.8, 4) is 5.75 Å². The molecule has 1 aromatic carbocycles. The molecule has 0 unspecified atom stereocenters. The first-order chi connectivity index (χ1) is 13.2. The molecule has 0 aliphatic carbocycles. The van der Waals surface area contributed by atoms with E-state index in [0.717, 1.165) is 17.0 Å². The molecule has 0 atom stereocenters. The van der Waals surface area contributed by atoms with Crippen LogP contribution >= 0.6 is 12.4 Å². The number of ether oxygens (including phenoxy) is 1. The van der Waals surface area contributed by atoms with Gasteiger partial charge in [0.2, 0.25) is 0 Å². The highest BCUT2D eigenvalue weighted by atomic mass is 35.5. The predicted molar refractivity (Wildman–Crippen MR) is 100 cm³/mol. The van der Waals surface area contributed by atoms with Crippen LogP contribution in [0.15, 0.2) is 30.9 Å². The number of H-pyrrole nitrogens is 1. The van der Waals surface area contributed by atoms with E-state index in [2.05, 4.69) is 15.1 Å². The van der Waals surface area contributed by atoms with Crippen LogP contribution in [-0.4, -0.2) is 50.2 Å². The Kier molecular flexibility index (Phi) is 6.37. The molecule has 2 heterocycles. The highest BCUT2D eigenvalue weighted by Crippen LogP contribution is 2.38. The number of carbonyl (C=O) groups is 1. The number of carbonyl (C=O) groups excluding carboxylic acids is 1. The smallest absolute Gasteiger partial charge is 0.417 e. The van der Waals surface area contributed by atoms with Gasteiger partial charge in [0, 0.05) is 12.4 Å². The van der Waals surface area contributed by atoms with Crippen LogP contribution in [0.25, 0.3) is 10.9 Å². The largest absolute Gasteiger partial charge is 0.489 e. The van der Waals surface area contributed by atoms with Crippen molar-refractivity contribution in [2.24, 2.45) is 5.73 Å². The van der Waals surface area contributed by atoms with Gasteiger partial charge in [-0.3, -0.25) is 15.1 Å². The summed E-state index contributed by atoms with van der Waals surface area (Å²) in [4.78, 5) is 19.6. The Labute approximate surface area is 168 Å². The molecule has 0 aliphatic heterocycles. The van der Waals surface area contributed by atoms with Gasteiger partial charge in [0.1, 0.15) is 30.7 Å². The molecule has 156 valence electrons. The van der Waals surface area contributed by atoms with E-state index in [9.17, 15) is 18.0 Å². The number of hydrogen-bond acceptors (Lipinski definition) is 5. The summed E-state index contributed by atoms with van der Waals surface area (Å²) in [6, 6.07) is 3.15. The number of aromatic amines is 1. The molecular formula is C16H17ClF3N7O2. The molecule has 0 saturated heterocycles. The van der Waals surface area contributed by atoms with Gasteiger partial charge >= 0.3 is 6.18 Å². The number of halogens is 4. The van der Waals surface area contributed by atoms with Crippen molar-refractivity contribution in [2.45, 2.75) is 12.7 Å². The van der Waals surface area contributed by atoms with E-state index in [4.69, 9.17) is 15.9 Å². The number of fused-ring (bicyclic) bond motifs is 1. The molecule has 0 spiro atoms. The summed E-state index contributed by atoms with van der Waals surface area (Å²) >= 11 is 0. The number of hydrogen-bond donors (Lipinski definition) is 3. The first-order valence-corrected chi connectivity index (χ1v) is 7.98. The predicted octanol–water partition coefficient (Wildman–Crippen LogP) is 2.24. The lowest BCUT2D eigenvalue weighted by atomic mass is 10.1. The second-order valence-electron chi connectivity index (χ2n) is 5.84. The van der Waals surface area contributed by atoms with E-state index in [0.29, 0.717) is 6.54 Å². The Morgan fingerprint density at radius 3 is 2.72 bits per heavy atom. The quantitative estimate of drug-likeness (QED) is 0.422. The van der Waals surface area contributed by atoms with Crippen LogP contribution in [0.5, 0.6) is 5.75 Å². The van der Waals surface area contributed by atoms with Crippen LogP contribution in [0.3, 0.4) is 0 Å². The fourth-order valence-electron chi connectivity index (χ4n) is 2.56. The first-order valence-electron chi connectivity index (χ1n) is 7.98. The lowest BCUT2D eigenvalue weighted by Crippen LogP contribution is -2.38. The van der Waals surface area contributed by atoms with Gasteiger partial charge in [-0.2, -0.15) is 18.3 Å². The Hall–Kier alpha value is -3.28. The Morgan fingerprint density at radius 1 is 1.41 bits per heavy atom. The van der Waals surface area contributed by atoms with Crippen molar-refractivity contribution in [3.05, 3.63) is 42.1 Å². The van der Waals surface area contributed by atoms with Gasteiger partial charge in [-0.25, -0.2) is 9.67 Å². The zero-order chi connectivity index (χ0) is 20.5. The number of nitrogens with two attached hydrogens (primary N) is 1. The Balaban J connectivity index is 0.00000300. The van der Waals surface area contributed by atoms with Crippen molar-refractivity contribution in [1.82, 2.24) is 24.6 Å². The molecule has 13 heteroatoms. The summed E-state index contributed by atoms with van der Waals surface area (Å²) in [5.41, 5.74) is 4.23. The zero-order valence-corrected chi connectivity index (χ0v) is 15.8. The molecule has 2 aromatic heterocycles. The minimum atomic E-state index is -4.62. The number of guanidine groups is 1. The number of nitrogens with zero attached hydrogens (tertiary/aromatic N) is 4. The van der Waals surface area contributed by atoms with Crippen molar-refractivity contribution in [1.29, 1.82) is 5.41 Å². The van der Waals surface area contributed by atoms with Gasteiger partial charge in [-0.05, 0) is 18.2 Å². The average Bonchev–Trinajstić information content (AvgIpc) is 3.29. The Bertz CT molecular complexity index is 1020. The number of amides is 1. The zero-order valence-electron chi connectivity index (χ0n) is 15.0. The average molecular weight is 432 g/mol. The molecule has 0 bridgehead atoms. The molecular weight excluding hydrogens is 415 g/mol. The second kappa shape index (κ2) is 8.39. The highest BCUT2D eigenvalue weighted by Gasteiger charge is 2.34. The number of rotatable bonds is 5. The normalized spacial score (nSPS) is 11.2. The van der Waals surface area contributed by atoms with Gasteiger partial charge in [0.05, 0.1) is 17.6 Å². The molecule has 9 nitrogen and oxygen atoms in total. The maximum atomic E-state index is 13.4. The molecule has 0 fully saturated rings. The number of aromatic nitrogens is 4. The first kappa shape index (κ1) is 22.0. The number of alkyl halides is 3. The maximum Gasteiger partial charge on any atom is 0.417 e. The van der Waals surface area contributed by atoms with E-state index in [-0.39, 0.29) is 41.4 Å². The van der Waals surface area contributed by atoms with Gasteiger partial charge < -0.3 is 15.5 Å². The fourth-order valence-corrected chi connectivity index (χ4v) is 2.56. The molecule has 29 heavy (non-hydrogen) atoms. The van der Waals surface area contributed by atoms with Crippen LogP contribution in [0.4, 0.5) is 13.2 Å². The van der Waals surface area contributed by atoms with Crippen LogP contribution in [0.2, 0.25) is 0 Å². The standard InChI is InChI=1S/C16H16F3N7O2.ClH/c1-25(15(20)21)14(27)11-6-9-10(16(17,18)19)2-3-12(13(9)24-11)28-5-4-26-8-22-7-23-26;/h2-3,6-8,24H,4-5H2,1H3,(H3,20,21);1H. The Morgan fingerprint density at radius 2 is 2.14 bits per heavy atom. The van der Waals surface area contributed by atoms with Crippen LogP contribution < -0.4 is 10.5 Å². The van der Waals surface area contributed by atoms with Crippen LogP contribution in [0.1, 0.15) is 16.1 Å². The lowest BCUT2D eigenvalue weighted by Gasteiger charge is -2.13. The summed E-state index contributed by atoms with van der Waals surface area (Å²) in [6.45, 7) is 0.460. The minimum Gasteiger partial charge on any atom is -0.489 e. The van der Waals surface area contributed by atoms with Gasteiger partial charge in [0.25, 0.3) is 5.91 Å². The summed E-state index contributed by atoms with van der Waals surface area (Å²) in [5, 5.41) is 11.0. The minimum absolute atomic E-state index is 0. The summed E-state index contributed by atoms with van der Waals surface area (Å²) < 4.78 is 47.2. The monoisotopic (exact) mass is 431 g/mol. The molecule has 1 amide bonds. The fraction of sp³-hybridized carbons (Fsp3) is 0.250. The number of benzene rings is 1. The second-order valence-corrected chi connectivity index (χ2v) is 5.84. The lowest BCUT2D eigenvalue weighted by molar-refractivity contribution is -0.136. The van der Waals surface area contributed by atoms with Crippen LogP contribution in [-0.2, 0) is 12.7 Å². The highest BCUT2D eigenvalue weighted by molar-refractivity contribution is 6.06. The molecule has 0 radical (unpaired) electrons. The molecule has 3 rings (SSSR count). The topological polar surface area (TPSA) is 126 Å². The molecule has 0 aliphatic rings. The van der Waals surface area contributed by atoms with Crippen molar-refractivity contribution in [2.75, 3.05) is 13.7 Å². The van der Waals surface area contributed by atoms with Crippen molar-refractivity contribution in [3.63, 3.8) is 0 Å². The van der Waals surface area contributed by atoms with E-state index < -0.39 is 23.6 Å². The SMILES string of the molecule is CN(C(=N)N)C(=O)c1cc2c(C(F)(F)F)ccc(OCCn3cncn3)c2[nH]1.Cl. The molecule has 3 aromatic rings. The summed E-state index contributed by atoms with van der Waals surface area (Å²) in [6.07, 6.45) is -1.79. The summed E-state index contributed by atoms with van der Waals surface area (Å²) in [7, 11) is 1.25. The van der Waals surface area contributed by atoms with Crippen molar-refractivity contribution < 1.29 is 22.7 Å². The van der Waals surface area contributed by atoms with Crippen LogP contribution in [0, 0.1) is 5.41 Å². The van der Waals surface area contributed by atoms with E-state index in [1.54, 1.807) is 0 Å². The molecule has 0 saturated carbocycles. The van der Waals surface area contributed by atoms with E-state index in [1.165, 1.54) is 30.5 Å². The van der Waals surface area contributed by atoms with Gasteiger partial charge in [-0.15, -0.1) is 12.4 Å². The third-order valence-corrected chi connectivity index (χ3v) is 4.00. The third kappa shape index (κ3) is 4.59. The van der Waals surface area contributed by atoms with E-state index in [1.807, 2.05) is 0 Å². The number of nitrogens with one attached hydrogen (secondary N) is 2. The van der Waals surface area contributed by atoms with E-state index >= 15 is 0 Å².